The number of ether oxygens (including phenoxy) is 3. The van der Waals surface area contributed by atoms with Crippen LogP contribution in [0.5, 0.6) is 5.75 Å². The summed E-state index contributed by atoms with van der Waals surface area (Å²) in [6, 6.07) is 3.71. The largest absolute Gasteiger partial charge is 0.516 e. The first-order valence-corrected chi connectivity index (χ1v) is 15.8. The van der Waals surface area contributed by atoms with Crippen LogP contribution in [0, 0.1) is 20.8 Å². The van der Waals surface area contributed by atoms with Crippen LogP contribution in [-0.4, -0.2) is 64.2 Å². The Kier molecular flexibility index (Phi) is 8.23. The van der Waals surface area contributed by atoms with Gasteiger partial charge in [0, 0.05) is 3.57 Å². The highest BCUT2D eigenvalue weighted by atomic mass is 127. The molecule has 0 aromatic heterocycles. The second kappa shape index (κ2) is 10.6. The zero-order chi connectivity index (χ0) is 28.9. The normalized spacial score (nSPS) is 28.2. The quantitative estimate of drug-likeness (QED) is 0.160. The van der Waals surface area contributed by atoms with Crippen molar-refractivity contribution in [3.63, 3.8) is 0 Å². The molecule has 0 heterocycles. The predicted octanol–water partition coefficient (Wildman–Crippen LogP) is 2.78. The molecule has 0 spiro atoms. The molecule has 5 rings (SSSR count). The van der Waals surface area contributed by atoms with Crippen LogP contribution in [0.15, 0.2) is 23.1 Å². The number of carbonyl (C=O) groups excluding carboxylic acids is 2. The number of halogens is 4. The maximum absolute atomic E-state index is 12.8. The van der Waals surface area contributed by atoms with Crippen molar-refractivity contribution in [2.45, 2.75) is 54.5 Å². The summed E-state index contributed by atoms with van der Waals surface area (Å²) in [5.41, 5.74) is -7.72. The van der Waals surface area contributed by atoms with Crippen LogP contribution in [-0.2, 0) is 39.2 Å². The number of sulfonamides is 1. The molecule has 218 valence electrons. The van der Waals surface area contributed by atoms with Crippen molar-refractivity contribution in [1.29, 1.82) is 0 Å². The lowest BCUT2D eigenvalue weighted by Crippen LogP contribution is -2.62. The molecule has 2 unspecified atom stereocenters. The second-order valence-corrected chi connectivity index (χ2v) is 14.5. The van der Waals surface area contributed by atoms with Gasteiger partial charge >= 0.3 is 21.5 Å². The fourth-order valence-corrected chi connectivity index (χ4v) is 8.72. The van der Waals surface area contributed by atoms with E-state index in [-0.39, 0.29) is 58.5 Å². The summed E-state index contributed by atoms with van der Waals surface area (Å²) in [5, 5.41) is 0. The van der Waals surface area contributed by atoms with Gasteiger partial charge in [-0.25, -0.2) is 9.52 Å². The first kappa shape index (κ1) is 30.3. The maximum atomic E-state index is 12.8. The fraction of sp³-hybridized carbons (Fsp3) is 0.636. The topological polar surface area (TPSA) is 162 Å². The van der Waals surface area contributed by atoms with Crippen LogP contribution in [0.2, 0.25) is 0 Å². The van der Waals surface area contributed by atoms with Crippen molar-refractivity contribution in [3.05, 3.63) is 21.8 Å². The minimum atomic E-state index is -5.83. The zero-order valence-corrected chi connectivity index (χ0v) is 24.0. The van der Waals surface area contributed by atoms with E-state index in [1.54, 1.807) is 22.6 Å². The van der Waals surface area contributed by atoms with Crippen molar-refractivity contribution in [2.75, 3.05) is 19.8 Å². The lowest BCUT2D eigenvalue weighted by atomic mass is 9.47. The average Bonchev–Trinajstić information content (AvgIpc) is 2.78. The van der Waals surface area contributed by atoms with E-state index < -0.39 is 55.1 Å². The lowest BCUT2D eigenvalue weighted by molar-refractivity contribution is -0.200. The summed E-state index contributed by atoms with van der Waals surface area (Å²) in [6.07, 6.45) is 2.55. The van der Waals surface area contributed by atoms with Crippen molar-refractivity contribution < 1.29 is 58.4 Å². The molecule has 4 aliphatic rings. The van der Waals surface area contributed by atoms with Crippen LogP contribution < -0.4 is 9.46 Å². The van der Waals surface area contributed by atoms with Gasteiger partial charge in [0.1, 0.15) is 17.3 Å². The standard InChI is InChI=1S/C22H25F3INO10S2/c23-22(24,25)39(33,34)27-19(29)20-7-13-5-14(8-20)10-21(9-13,12-20)37-4-3-35-18(28)11-36-15-1-2-17(16(26)6-15)38(30,31)32/h1-2,6,13-14H,3-5,7-12H2,(H,27,29)(H,30,31,32). The van der Waals surface area contributed by atoms with Crippen molar-refractivity contribution >= 4 is 54.6 Å². The Hall–Kier alpha value is -1.70. The van der Waals surface area contributed by atoms with E-state index in [1.807, 2.05) is 0 Å². The summed E-state index contributed by atoms with van der Waals surface area (Å²) in [6.45, 7) is -0.710. The average molecular weight is 711 g/mol. The number of hydrogen-bond acceptors (Lipinski definition) is 9. The van der Waals surface area contributed by atoms with Gasteiger partial charge in [-0.3, -0.25) is 9.35 Å². The van der Waals surface area contributed by atoms with Gasteiger partial charge in [-0.15, -0.1) is 0 Å². The van der Waals surface area contributed by atoms with E-state index in [0.29, 0.717) is 12.8 Å². The third kappa shape index (κ3) is 6.62. The number of esters is 1. The Morgan fingerprint density at radius 3 is 2.28 bits per heavy atom. The van der Waals surface area contributed by atoms with E-state index in [0.717, 1.165) is 12.5 Å². The molecule has 0 aliphatic heterocycles. The molecule has 1 aromatic rings. The number of hydrogen-bond donors (Lipinski definition) is 2. The van der Waals surface area contributed by atoms with E-state index in [2.05, 4.69) is 0 Å². The van der Waals surface area contributed by atoms with Gasteiger partial charge in [0.2, 0.25) is 5.91 Å². The number of benzene rings is 1. The Morgan fingerprint density at radius 1 is 1.08 bits per heavy atom. The summed E-state index contributed by atoms with van der Waals surface area (Å²) >= 11 is 1.69. The van der Waals surface area contributed by atoms with Gasteiger partial charge in [0.25, 0.3) is 10.1 Å². The van der Waals surface area contributed by atoms with Crippen LogP contribution in [0.1, 0.15) is 38.5 Å². The summed E-state index contributed by atoms with van der Waals surface area (Å²) in [7, 11) is -10.2. The Balaban J connectivity index is 1.29. The molecule has 39 heavy (non-hydrogen) atoms. The molecule has 11 nitrogen and oxygen atoms in total. The molecule has 4 aliphatic carbocycles. The Labute approximate surface area is 236 Å². The molecular formula is C22H25F3INO10S2. The highest BCUT2D eigenvalue weighted by molar-refractivity contribution is 14.1. The molecule has 4 fully saturated rings. The van der Waals surface area contributed by atoms with E-state index in [4.69, 9.17) is 18.8 Å². The number of nitrogens with one attached hydrogen (secondary N) is 1. The molecule has 4 saturated carbocycles. The number of carbonyl (C=O) groups is 2. The second-order valence-electron chi connectivity index (χ2n) is 10.2. The van der Waals surface area contributed by atoms with Crippen molar-refractivity contribution in [1.82, 2.24) is 4.72 Å². The predicted molar refractivity (Wildman–Crippen MR) is 134 cm³/mol. The summed E-state index contributed by atoms with van der Waals surface area (Å²) < 4.78 is 111. The SMILES string of the molecule is O=C(COc1ccc(S(=O)(=O)O)c(I)c1)OCCOC12CC3CC(C1)CC(C(=O)NS(=O)(=O)C(F)(F)F)(C3)C2. The molecule has 17 heteroatoms. The van der Waals surface area contributed by atoms with Gasteiger partial charge in [-0.05, 0) is 91.2 Å². The Morgan fingerprint density at radius 2 is 1.72 bits per heavy atom. The molecule has 4 bridgehead atoms. The molecule has 0 radical (unpaired) electrons. The number of alkyl halides is 3. The van der Waals surface area contributed by atoms with Gasteiger partial charge in [-0.2, -0.15) is 30.0 Å². The van der Waals surface area contributed by atoms with Gasteiger partial charge in [-0.1, -0.05) is 0 Å². The highest BCUT2D eigenvalue weighted by Gasteiger charge is 2.62. The van der Waals surface area contributed by atoms with E-state index >= 15 is 0 Å². The van der Waals surface area contributed by atoms with Crippen molar-refractivity contribution in [2.24, 2.45) is 17.3 Å². The third-order valence-electron chi connectivity index (χ3n) is 7.31. The van der Waals surface area contributed by atoms with Gasteiger partial charge < -0.3 is 14.2 Å². The molecule has 2 atom stereocenters. The number of rotatable bonds is 10. The van der Waals surface area contributed by atoms with Crippen LogP contribution >= 0.6 is 22.6 Å². The van der Waals surface area contributed by atoms with Crippen molar-refractivity contribution in [3.8, 4) is 5.75 Å². The minimum absolute atomic E-state index is 0.00320. The van der Waals surface area contributed by atoms with E-state index in [1.165, 1.54) is 16.9 Å². The Bertz CT molecular complexity index is 1350. The van der Waals surface area contributed by atoms with Gasteiger partial charge in [0.15, 0.2) is 6.61 Å². The highest BCUT2D eigenvalue weighted by Crippen LogP contribution is 2.63. The van der Waals surface area contributed by atoms with Crippen LogP contribution in [0.3, 0.4) is 0 Å². The van der Waals surface area contributed by atoms with Crippen LogP contribution in [0.4, 0.5) is 13.2 Å². The summed E-state index contributed by atoms with van der Waals surface area (Å²) in [4.78, 5) is 24.6. The molecule has 1 aromatic carbocycles. The van der Waals surface area contributed by atoms with Crippen LogP contribution in [0.25, 0.3) is 0 Å². The smallest absolute Gasteiger partial charge is 0.482 e. The third-order valence-corrected chi connectivity index (χ3v) is 10.5. The summed E-state index contributed by atoms with van der Waals surface area (Å²) in [5.74, 6) is -1.74. The maximum Gasteiger partial charge on any atom is 0.516 e. The number of amides is 1. The monoisotopic (exact) mass is 711 g/mol. The van der Waals surface area contributed by atoms with E-state index in [9.17, 15) is 39.6 Å². The lowest BCUT2D eigenvalue weighted by Gasteiger charge is -2.60. The first-order chi connectivity index (χ1) is 17.9. The molecular weight excluding hydrogens is 686 g/mol. The first-order valence-electron chi connectivity index (χ1n) is 11.8. The molecule has 2 N–H and O–H groups in total. The minimum Gasteiger partial charge on any atom is -0.482 e. The molecule has 1 amide bonds. The molecule has 0 saturated heterocycles. The fourth-order valence-electron chi connectivity index (χ4n) is 6.28. The zero-order valence-electron chi connectivity index (χ0n) is 20.2. The van der Waals surface area contributed by atoms with Gasteiger partial charge in [0.05, 0.1) is 17.6 Å².